The van der Waals surface area contributed by atoms with Crippen LogP contribution in [0.1, 0.15) is 40.0 Å². The van der Waals surface area contributed by atoms with Crippen LogP contribution < -0.4 is 5.32 Å². The Kier molecular flexibility index (Phi) is 5.06. The second-order valence-electron chi connectivity index (χ2n) is 7.94. The molecule has 4 atom stereocenters. The maximum Gasteiger partial charge on any atom is 0.394 e. The largest absolute Gasteiger partial charge is 0.481 e. The van der Waals surface area contributed by atoms with Crippen LogP contribution in [0.2, 0.25) is 0 Å². The first-order valence-electron chi connectivity index (χ1n) is 8.26. The summed E-state index contributed by atoms with van der Waals surface area (Å²) in [4.78, 5) is 24.4. The summed E-state index contributed by atoms with van der Waals surface area (Å²) in [6, 6.07) is -0.678. The van der Waals surface area contributed by atoms with Gasteiger partial charge in [0.2, 0.25) is 0 Å². The molecule has 5 nitrogen and oxygen atoms in total. The van der Waals surface area contributed by atoms with E-state index < -0.39 is 43.1 Å². The lowest BCUT2D eigenvalue weighted by atomic mass is 9.70. The molecule has 2 N–H and O–H groups in total. The average molecular weight is 350 g/mol. The van der Waals surface area contributed by atoms with Crippen molar-refractivity contribution >= 4 is 12.0 Å². The van der Waals surface area contributed by atoms with E-state index in [0.29, 0.717) is 0 Å². The lowest BCUT2D eigenvalue weighted by molar-refractivity contribution is -0.187. The highest BCUT2D eigenvalue weighted by atomic mass is 19.4. The van der Waals surface area contributed by atoms with Gasteiger partial charge in [-0.25, -0.2) is 4.79 Å². The molecule has 1 aliphatic heterocycles. The van der Waals surface area contributed by atoms with E-state index in [-0.39, 0.29) is 17.4 Å². The number of carbonyl (C=O) groups is 2. The molecule has 2 unspecified atom stereocenters. The fourth-order valence-corrected chi connectivity index (χ4v) is 3.96. The molecular formula is C16H25F3N2O3. The summed E-state index contributed by atoms with van der Waals surface area (Å²) in [7, 11) is 0. The van der Waals surface area contributed by atoms with Crippen molar-refractivity contribution in [2.75, 3.05) is 13.1 Å². The van der Waals surface area contributed by atoms with Crippen molar-refractivity contribution in [2.24, 2.45) is 23.2 Å². The predicted octanol–water partition coefficient (Wildman–Crippen LogP) is 3.11. The van der Waals surface area contributed by atoms with Crippen molar-refractivity contribution in [3.05, 3.63) is 0 Å². The first-order valence-corrected chi connectivity index (χ1v) is 8.26. The molecule has 8 heteroatoms. The number of halogens is 3. The fraction of sp³-hybridized carbons (Fsp3) is 0.875. The lowest BCUT2D eigenvalue weighted by Crippen LogP contribution is -2.49. The lowest BCUT2D eigenvalue weighted by Gasteiger charge is -2.40. The number of carboxylic acids is 1. The Morgan fingerprint density at radius 2 is 1.88 bits per heavy atom. The maximum atomic E-state index is 13.0. The Balaban J connectivity index is 1.99. The highest BCUT2D eigenvalue weighted by Crippen LogP contribution is 2.40. The van der Waals surface area contributed by atoms with Gasteiger partial charge >= 0.3 is 18.2 Å². The molecule has 1 aliphatic carbocycles. The van der Waals surface area contributed by atoms with Crippen LogP contribution >= 0.6 is 0 Å². The number of amides is 2. The molecule has 1 saturated heterocycles. The molecule has 138 valence electrons. The first kappa shape index (κ1) is 18.9. The first-order chi connectivity index (χ1) is 10.9. The van der Waals surface area contributed by atoms with Crippen LogP contribution in [0, 0.1) is 23.2 Å². The molecule has 0 bridgehead atoms. The molecule has 2 fully saturated rings. The Bertz CT molecular complexity index is 507. The molecule has 1 heterocycles. The molecule has 0 aromatic rings. The second-order valence-corrected chi connectivity index (χ2v) is 7.94. The van der Waals surface area contributed by atoms with Crippen LogP contribution in [-0.2, 0) is 4.79 Å². The van der Waals surface area contributed by atoms with Gasteiger partial charge in [-0.2, -0.15) is 13.2 Å². The number of alkyl halides is 3. The number of likely N-dealkylation sites (tertiary alicyclic amines) is 1. The van der Waals surface area contributed by atoms with Crippen LogP contribution in [-0.4, -0.2) is 47.3 Å². The van der Waals surface area contributed by atoms with E-state index in [0.717, 1.165) is 24.2 Å². The molecular weight excluding hydrogens is 325 g/mol. The number of aliphatic carboxylic acids is 1. The van der Waals surface area contributed by atoms with E-state index in [2.05, 4.69) is 19.2 Å². The minimum absolute atomic E-state index is 0.0845. The van der Waals surface area contributed by atoms with Crippen molar-refractivity contribution in [1.29, 1.82) is 0 Å². The van der Waals surface area contributed by atoms with E-state index in [9.17, 15) is 22.8 Å². The van der Waals surface area contributed by atoms with Crippen molar-refractivity contribution in [1.82, 2.24) is 10.2 Å². The number of hydrogen-bond donors (Lipinski definition) is 2. The molecule has 1 saturated carbocycles. The molecule has 2 rings (SSSR count). The van der Waals surface area contributed by atoms with Crippen LogP contribution in [0.25, 0.3) is 0 Å². The number of urea groups is 1. The quantitative estimate of drug-likeness (QED) is 0.804. The van der Waals surface area contributed by atoms with E-state index >= 15 is 0 Å². The van der Waals surface area contributed by atoms with Gasteiger partial charge in [-0.15, -0.1) is 0 Å². The highest BCUT2D eigenvalue weighted by molar-refractivity contribution is 5.78. The summed E-state index contributed by atoms with van der Waals surface area (Å²) in [5.41, 5.74) is 0.198. The Labute approximate surface area is 139 Å². The van der Waals surface area contributed by atoms with Gasteiger partial charge in [-0.1, -0.05) is 20.8 Å². The van der Waals surface area contributed by atoms with Crippen LogP contribution in [0.15, 0.2) is 0 Å². The molecule has 24 heavy (non-hydrogen) atoms. The van der Waals surface area contributed by atoms with E-state index in [4.69, 9.17) is 5.11 Å². The Morgan fingerprint density at radius 3 is 2.33 bits per heavy atom. The third kappa shape index (κ3) is 4.13. The summed E-state index contributed by atoms with van der Waals surface area (Å²) in [6.07, 6.45) is -1.98. The second kappa shape index (κ2) is 6.44. The predicted molar refractivity (Wildman–Crippen MR) is 81.4 cm³/mol. The number of hydrogen-bond acceptors (Lipinski definition) is 2. The minimum Gasteiger partial charge on any atom is -0.481 e. The van der Waals surface area contributed by atoms with Gasteiger partial charge in [0.1, 0.15) is 0 Å². The smallest absolute Gasteiger partial charge is 0.394 e. The van der Waals surface area contributed by atoms with Gasteiger partial charge in [-0.3, -0.25) is 4.79 Å². The third-order valence-electron chi connectivity index (χ3n) is 5.35. The van der Waals surface area contributed by atoms with Crippen LogP contribution in [0.4, 0.5) is 18.0 Å². The van der Waals surface area contributed by atoms with Crippen LogP contribution in [0.3, 0.4) is 0 Å². The van der Waals surface area contributed by atoms with E-state index in [1.807, 2.05) is 6.92 Å². The molecule has 0 aromatic carbocycles. The molecule has 0 spiro atoms. The number of nitrogens with zero attached hydrogens (tertiary/aromatic N) is 1. The molecule has 2 amide bonds. The molecule has 0 radical (unpaired) electrons. The summed E-state index contributed by atoms with van der Waals surface area (Å²) >= 11 is 0. The minimum atomic E-state index is -4.62. The Morgan fingerprint density at radius 1 is 1.25 bits per heavy atom. The van der Waals surface area contributed by atoms with Gasteiger partial charge in [0, 0.05) is 19.1 Å². The van der Waals surface area contributed by atoms with Crippen molar-refractivity contribution in [3.8, 4) is 0 Å². The summed E-state index contributed by atoms with van der Waals surface area (Å²) < 4.78 is 39.0. The topological polar surface area (TPSA) is 69.6 Å². The van der Waals surface area contributed by atoms with Gasteiger partial charge in [0.15, 0.2) is 0 Å². The van der Waals surface area contributed by atoms with Gasteiger partial charge < -0.3 is 15.3 Å². The van der Waals surface area contributed by atoms with Gasteiger partial charge in [0.05, 0.1) is 11.8 Å². The van der Waals surface area contributed by atoms with E-state index in [1.54, 1.807) is 0 Å². The van der Waals surface area contributed by atoms with E-state index in [1.165, 1.54) is 0 Å². The normalized spacial score (nSPS) is 33.3. The maximum absolute atomic E-state index is 13.0. The molecule has 0 aromatic heterocycles. The monoisotopic (exact) mass is 350 g/mol. The highest BCUT2D eigenvalue weighted by Gasteiger charge is 2.53. The summed E-state index contributed by atoms with van der Waals surface area (Å²) in [5, 5.41) is 11.8. The fourth-order valence-electron chi connectivity index (χ4n) is 3.96. The van der Waals surface area contributed by atoms with Gasteiger partial charge in [-0.05, 0) is 30.6 Å². The number of carbonyl (C=O) groups excluding carboxylic acids is 1. The number of carboxylic acid groups (broad SMARTS) is 1. The standard InChI is InChI=1S/C16H25F3N2O3/c1-9-6-15(2,3)5-4-12(9)20-14(24)21-7-10(13(22)23)11(8-21)16(17,18)19/h9-12H,4-8H2,1-3H3,(H,20,24)(H,22,23)/t9?,10-,11-,12?/m1/s1. The zero-order valence-corrected chi connectivity index (χ0v) is 14.2. The van der Waals surface area contributed by atoms with Crippen molar-refractivity contribution in [2.45, 2.75) is 52.3 Å². The Hall–Kier alpha value is -1.47. The van der Waals surface area contributed by atoms with Gasteiger partial charge in [0.25, 0.3) is 0 Å². The SMILES string of the molecule is CC1CC(C)(C)CCC1NC(=O)N1C[C@@H](C(F)(F)F)[C@H](C(=O)O)C1. The summed E-state index contributed by atoms with van der Waals surface area (Å²) in [5.74, 6) is -4.89. The number of rotatable bonds is 2. The molecule has 2 aliphatic rings. The van der Waals surface area contributed by atoms with Crippen LogP contribution in [0.5, 0.6) is 0 Å². The zero-order valence-electron chi connectivity index (χ0n) is 14.2. The number of nitrogens with one attached hydrogen (secondary N) is 1. The average Bonchev–Trinajstić information content (AvgIpc) is 2.86. The van der Waals surface area contributed by atoms with Crippen molar-refractivity contribution < 1.29 is 27.9 Å². The summed E-state index contributed by atoms with van der Waals surface area (Å²) in [6.45, 7) is 5.34. The van der Waals surface area contributed by atoms with Crippen molar-refractivity contribution in [3.63, 3.8) is 0 Å². The zero-order chi connectivity index (χ0) is 18.3. The third-order valence-corrected chi connectivity index (χ3v) is 5.35.